The minimum absolute atomic E-state index is 0.234. The molecular formula is C16H25N3O3. The Morgan fingerprint density at radius 3 is 2.77 bits per heavy atom. The van der Waals surface area contributed by atoms with Gasteiger partial charge in [0.15, 0.2) is 0 Å². The fraction of sp³-hybridized carbons (Fsp3) is 0.625. The van der Waals surface area contributed by atoms with Crippen LogP contribution < -0.4 is 16.0 Å². The molecule has 1 aromatic rings. The maximum absolute atomic E-state index is 11.9. The first-order valence-corrected chi connectivity index (χ1v) is 7.99. The topological polar surface area (TPSA) is 83.4 Å². The summed E-state index contributed by atoms with van der Waals surface area (Å²) in [5.41, 5.74) is 0. The molecule has 0 saturated heterocycles. The number of hydrogen-bond donors (Lipinski definition) is 3. The molecule has 0 radical (unpaired) electrons. The first kappa shape index (κ1) is 16.4. The van der Waals surface area contributed by atoms with Crippen LogP contribution in [0.2, 0.25) is 0 Å². The zero-order chi connectivity index (χ0) is 15.8. The van der Waals surface area contributed by atoms with Crippen LogP contribution in [0.5, 0.6) is 0 Å². The fourth-order valence-corrected chi connectivity index (χ4v) is 2.74. The molecule has 1 fully saturated rings. The summed E-state index contributed by atoms with van der Waals surface area (Å²) in [4.78, 5) is 23.6. The van der Waals surface area contributed by atoms with E-state index in [0.717, 1.165) is 12.3 Å². The first-order chi connectivity index (χ1) is 10.6. The molecule has 1 atom stereocenters. The first-order valence-electron chi connectivity index (χ1n) is 7.99. The van der Waals surface area contributed by atoms with Crippen molar-refractivity contribution in [2.75, 3.05) is 6.54 Å². The molecule has 6 heteroatoms. The minimum atomic E-state index is -0.582. The zero-order valence-electron chi connectivity index (χ0n) is 13.1. The van der Waals surface area contributed by atoms with Crippen molar-refractivity contribution >= 4 is 11.9 Å². The molecule has 0 spiro atoms. The largest absolute Gasteiger partial charge is 0.467 e. The number of furan rings is 1. The molecule has 0 aliphatic heterocycles. The maximum atomic E-state index is 11.9. The van der Waals surface area contributed by atoms with Crippen molar-refractivity contribution < 1.29 is 14.0 Å². The molecule has 2 rings (SSSR count). The number of urea groups is 1. The van der Waals surface area contributed by atoms with Gasteiger partial charge in [0.05, 0.1) is 12.8 Å². The lowest BCUT2D eigenvalue weighted by Gasteiger charge is -2.15. The predicted octanol–water partition coefficient (Wildman–Crippen LogP) is 2.16. The third kappa shape index (κ3) is 5.42. The van der Waals surface area contributed by atoms with Crippen LogP contribution in [0.25, 0.3) is 0 Å². The number of carbonyl (C=O) groups excluding carboxylic acids is 2. The monoisotopic (exact) mass is 307 g/mol. The van der Waals surface area contributed by atoms with Crippen LogP contribution in [0, 0.1) is 5.92 Å². The van der Waals surface area contributed by atoms with Gasteiger partial charge >= 0.3 is 6.03 Å². The number of nitrogens with one attached hydrogen (secondary N) is 3. The predicted molar refractivity (Wildman–Crippen MR) is 83.1 cm³/mol. The van der Waals surface area contributed by atoms with Crippen LogP contribution in [0.4, 0.5) is 4.79 Å². The second-order valence-electron chi connectivity index (χ2n) is 5.86. The number of amides is 3. The van der Waals surface area contributed by atoms with Gasteiger partial charge in [0.2, 0.25) is 5.91 Å². The van der Waals surface area contributed by atoms with Crippen molar-refractivity contribution in [3.05, 3.63) is 24.2 Å². The highest BCUT2D eigenvalue weighted by Gasteiger charge is 2.17. The lowest BCUT2D eigenvalue weighted by Crippen LogP contribution is -2.48. The quantitative estimate of drug-likeness (QED) is 0.722. The summed E-state index contributed by atoms with van der Waals surface area (Å²) in [6.07, 6.45) is 7.74. The zero-order valence-corrected chi connectivity index (χ0v) is 13.1. The molecule has 1 aliphatic carbocycles. The van der Waals surface area contributed by atoms with Crippen molar-refractivity contribution in [2.45, 2.75) is 51.6 Å². The molecule has 1 saturated carbocycles. The van der Waals surface area contributed by atoms with Gasteiger partial charge in [-0.1, -0.05) is 25.7 Å². The third-order valence-corrected chi connectivity index (χ3v) is 4.07. The summed E-state index contributed by atoms with van der Waals surface area (Å²) < 4.78 is 5.13. The highest BCUT2D eigenvalue weighted by molar-refractivity contribution is 5.86. The second kappa shape index (κ2) is 8.46. The minimum Gasteiger partial charge on any atom is -0.467 e. The Labute approximate surface area is 131 Å². The van der Waals surface area contributed by atoms with Gasteiger partial charge in [0.25, 0.3) is 0 Å². The molecule has 1 aromatic heterocycles. The highest BCUT2D eigenvalue weighted by atomic mass is 16.3. The van der Waals surface area contributed by atoms with Gasteiger partial charge in [-0.2, -0.15) is 0 Å². The standard InChI is InChI=1S/C16H25N3O3/c1-12(15(20)18-11-14-7-4-10-22-14)19-16(21)17-9-8-13-5-2-3-6-13/h4,7,10,12-13H,2-3,5-6,8-9,11H2,1H3,(H,18,20)(H2,17,19,21)/t12-/m0/s1. The van der Waals surface area contributed by atoms with Gasteiger partial charge in [-0.25, -0.2) is 4.79 Å². The van der Waals surface area contributed by atoms with E-state index in [0.29, 0.717) is 18.8 Å². The number of hydrogen-bond acceptors (Lipinski definition) is 3. The van der Waals surface area contributed by atoms with Crippen LogP contribution >= 0.6 is 0 Å². The van der Waals surface area contributed by atoms with E-state index in [4.69, 9.17) is 4.42 Å². The van der Waals surface area contributed by atoms with E-state index in [1.807, 2.05) is 0 Å². The summed E-state index contributed by atoms with van der Waals surface area (Å²) in [6.45, 7) is 2.65. The van der Waals surface area contributed by atoms with Crippen molar-refractivity contribution in [1.29, 1.82) is 0 Å². The molecule has 1 aliphatic rings. The summed E-state index contributed by atoms with van der Waals surface area (Å²) in [5.74, 6) is 1.19. The normalized spacial score (nSPS) is 16.2. The molecule has 1 heterocycles. The Bertz CT molecular complexity index is 467. The Balaban J connectivity index is 1.59. The van der Waals surface area contributed by atoms with Crippen molar-refractivity contribution in [3.63, 3.8) is 0 Å². The molecule has 3 N–H and O–H groups in total. The van der Waals surface area contributed by atoms with E-state index >= 15 is 0 Å². The molecular weight excluding hydrogens is 282 g/mol. The van der Waals surface area contributed by atoms with Gasteiger partial charge in [-0.3, -0.25) is 4.79 Å². The molecule has 0 unspecified atom stereocenters. The van der Waals surface area contributed by atoms with Gasteiger partial charge in [-0.05, 0) is 31.4 Å². The SMILES string of the molecule is C[C@H](NC(=O)NCCC1CCCC1)C(=O)NCc1ccco1. The Hall–Kier alpha value is -1.98. The molecule has 22 heavy (non-hydrogen) atoms. The average Bonchev–Trinajstić information content (AvgIpc) is 3.18. The maximum Gasteiger partial charge on any atom is 0.315 e. The second-order valence-corrected chi connectivity index (χ2v) is 5.86. The lowest BCUT2D eigenvalue weighted by atomic mass is 10.0. The van der Waals surface area contributed by atoms with E-state index in [9.17, 15) is 9.59 Å². The summed E-state index contributed by atoms with van der Waals surface area (Å²) in [7, 11) is 0. The van der Waals surface area contributed by atoms with Gasteiger partial charge < -0.3 is 20.4 Å². The number of rotatable bonds is 7. The van der Waals surface area contributed by atoms with Crippen molar-refractivity contribution in [1.82, 2.24) is 16.0 Å². The summed E-state index contributed by atoms with van der Waals surface area (Å²) >= 11 is 0. The van der Waals surface area contributed by atoms with Crippen LogP contribution in [0.15, 0.2) is 22.8 Å². The van der Waals surface area contributed by atoms with Crippen molar-refractivity contribution in [3.8, 4) is 0 Å². The van der Waals surface area contributed by atoms with Gasteiger partial charge in [0.1, 0.15) is 11.8 Å². The van der Waals surface area contributed by atoms with Crippen molar-refractivity contribution in [2.24, 2.45) is 5.92 Å². The van der Waals surface area contributed by atoms with E-state index in [-0.39, 0.29) is 11.9 Å². The average molecular weight is 307 g/mol. The lowest BCUT2D eigenvalue weighted by molar-refractivity contribution is -0.122. The Kier molecular flexibility index (Phi) is 6.30. The Morgan fingerprint density at radius 1 is 1.32 bits per heavy atom. The van der Waals surface area contributed by atoms with E-state index in [2.05, 4.69) is 16.0 Å². The van der Waals surface area contributed by atoms with Gasteiger partial charge in [-0.15, -0.1) is 0 Å². The van der Waals surface area contributed by atoms with Crippen LogP contribution in [-0.2, 0) is 11.3 Å². The molecule has 6 nitrogen and oxygen atoms in total. The fourth-order valence-electron chi connectivity index (χ4n) is 2.74. The molecule has 0 aromatic carbocycles. The van der Waals surface area contributed by atoms with Gasteiger partial charge in [0, 0.05) is 6.54 Å². The van der Waals surface area contributed by atoms with E-state index in [1.54, 1.807) is 25.3 Å². The Morgan fingerprint density at radius 2 is 2.09 bits per heavy atom. The van der Waals surface area contributed by atoms with E-state index in [1.165, 1.54) is 25.7 Å². The number of carbonyl (C=O) groups is 2. The molecule has 122 valence electrons. The van der Waals surface area contributed by atoms with Crippen LogP contribution in [0.1, 0.15) is 44.8 Å². The molecule has 3 amide bonds. The van der Waals surface area contributed by atoms with Crippen LogP contribution in [-0.4, -0.2) is 24.5 Å². The summed E-state index contributed by atoms with van der Waals surface area (Å²) in [6, 6.07) is 2.68. The highest BCUT2D eigenvalue weighted by Crippen LogP contribution is 2.26. The third-order valence-electron chi connectivity index (χ3n) is 4.07. The summed E-state index contributed by atoms with van der Waals surface area (Å²) in [5, 5.41) is 8.17. The smallest absolute Gasteiger partial charge is 0.315 e. The van der Waals surface area contributed by atoms with E-state index < -0.39 is 6.04 Å². The van der Waals surface area contributed by atoms with Crippen LogP contribution in [0.3, 0.4) is 0 Å². The molecule has 0 bridgehead atoms.